The number of phenols is 2. The molecule has 0 aliphatic heterocycles. The van der Waals surface area contributed by atoms with Gasteiger partial charge in [-0.1, -0.05) is 85.2 Å². The summed E-state index contributed by atoms with van der Waals surface area (Å²) in [4.78, 5) is 0. The molecule has 2 aromatic carbocycles. The maximum atomic E-state index is 10.4. The Morgan fingerprint density at radius 1 is 0.741 bits per heavy atom. The third kappa shape index (κ3) is 6.30. The van der Waals surface area contributed by atoms with Gasteiger partial charge in [0.2, 0.25) is 0 Å². The van der Waals surface area contributed by atoms with Gasteiger partial charge in [0.05, 0.1) is 0 Å². The Kier molecular flexibility index (Phi) is 7.16. The molecule has 0 saturated heterocycles. The molecule has 0 heterocycles. The van der Waals surface area contributed by atoms with E-state index >= 15 is 0 Å². The molecule has 0 radical (unpaired) electrons. The van der Waals surface area contributed by atoms with Crippen molar-refractivity contribution in [1.29, 1.82) is 0 Å². The number of phenolic OH excluding ortho intramolecular Hbond substituents is 2. The van der Waals surface area contributed by atoms with Crippen molar-refractivity contribution in [3.63, 3.8) is 0 Å². The first-order valence-corrected chi connectivity index (χ1v) is 9.78. The smallest absolute Gasteiger partial charge is 0.123 e. The SMILES string of the molecule is Cc1cc(C(C)(C)C)c(O)c(C(C)(C)C)c1.Cc1ccc(C(C)C)cc1O. The van der Waals surface area contributed by atoms with Crippen LogP contribution in [0, 0.1) is 13.8 Å². The summed E-state index contributed by atoms with van der Waals surface area (Å²) < 4.78 is 0. The molecule has 2 N–H and O–H groups in total. The van der Waals surface area contributed by atoms with Gasteiger partial charge in [0.25, 0.3) is 0 Å². The highest BCUT2D eigenvalue weighted by atomic mass is 16.3. The van der Waals surface area contributed by atoms with Crippen molar-refractivity contribution in [1.82, 2.24) is 0 Å². The fourth-order valence-corrected chi connectivity index (χ4v) is 2.91. The van der Waals surface area contributed by atoms with Crippen LogP contribution in [0.2, 0.25) is 0 Å². The molecule has 2 heteroatoms. The average Bonchev–Trinajstić information content (AvgIpc) is 2.50. The monoisotopic (exact) mass is 370 g/mol. The second kappa shape index (κ2) is 8.37. The Hall–Kier alpha value is -1.96. The first kappa shape index (κ1) is 23.1. The molecule has 2 aromatic rings. The summed E-state index contributed by atoms with van der Waals surface area (Å²) in [7, 11) is 0. The maximum Gasteiger partial charge on any atom is 0.123 e. The van der Waals surface area contributed by atoms with Gasteiger partial charge < -0.3 is 10.2 Å². The summed E-state index contributed by atoms with van der Waals surface area (Å²) >= 11 is 0. The van der Waals surface area contributed by atoms with Gasteiger partial charge in [-0.05, 0) is 58.9 Å². The Balaban J connectivity index is 0.000000289. The summed E-state index contributed by atoms with van der Waals surface area (Å²) in [5.74, 6) is 1.35. The minimum Gasteiger partial charge on any atom is -0.508 e. The van der Waals surface area contributed by atoms with E-state index in [0.29, 0.717) is 17.4 Å². The van der Waals surface area contributed by atoms with Crippen LogP contribution in [0.25, 0.3) is 0 Å². The lowest BCUT2D eigenvalue weighted by Gasteiger charge is -2.27. The van der Waals surface area contributed by atoms with Gasteiger partial charge in [0.1, 0.15) is 11.5 Å². The Bertz CT molecular complexity index is 737. The molecular weight excluding hydrogens is 332 g/mol. The Labute approximate surface area is 166 Å². The average molecular weight is 371 g/mol. The van der Waals surface area contributed by atoms with Crippen molar-refractivity contribution in [2.24, 2.45) is 0 Å². The van der Waals surface area contributed by atoms with E-state index in [1.54, 1.807) is 0 Å². The second-order valence-corrected chi connectivity index (χ2v) is 9.91. The Morgan fingerprint density at radius 3 is 1.52 bits per heavy atom. The van der Waals surface area contributed by atoms with Gasteiger partial charge in [0, 0.05) is 0 Å². The predicted octanol–water partition coefficient (Wildman–Crippen LogP) is 7.12. The van der Waals surface area contributed by atoms with Gasteiger partial charge in [0.15, 0.2) is 0 Å². The van der Waals surface area contributed by atoms with E-state index in [-0.39, 0.29) is 10.8 Å². The lowest BCUT2D eigenvalue weighted by Crippen LogP contribution is -2.17. The molecule has 0 fully saturated rings. The number of hydrogen-bond acceptors (Lipinski definition) is 2. The van der Waals surface area contributed by atoms with Gasteiger partial charge in [-0.2, -0.15) is 0 Å². The number of hydrogen-bond donors (Lipinski definition) is 2. The zero-order valence-corrected chi connectivity index (χ0v) is 18.9. The molecule has 0 aliphatic rings. The van der Waals surface area contributed by atoms with E-state index in [4.69, 9.17) is 0 Å². The molecule has 0 aliphatic carbocycles. The van der Waals surface area contributed by atoms with Crippen molar-refractivity contribution in [3.05, 3.63) is 58.1 Å². The number of aromatic hydroxyl groups is 2. The molecular formula is C25H38O2. The molecule has 27 heavy (non-hydrogen) atoms. The fraction of sp³-hybridized carbons (Fsp3) is 0.520. The molecule has 0 atom stereocenters. The third-order valence-corrected chi connectivity index (χ3v) is 4.77. The topological polar surface area (TPSA) is 40.5 Å². The Morgan fingerprint density at radius 2 is 1.19 bits per heavy atom. The first-order valence-electron chi connectivity index (χ1n) is 9.78. The van der Waals surface area contributed by atoms with Crippen LogP contribution in [-0.2, 0) is 10.8 Å². The van der Waals surface area contributed by atoms with Gasteiger partial charge in [-0.25, -0.2) is 0 Å². The lowest BCUT2D eigenvalue weighted by atomic mass is 9.78. The molecule has 0 saturated carbocycles. The van der Waals surface area contributed by atoms with Gasteiger partial charge >= 0.3 is 0 Å². The van der Waals surface area contributed by atoms with Crippen molar-refractivity contribution in [2.75, 3.05) is 0 Å². The van der Waals surface area contributed by atoms with Crippen molar-refractivity contribution in [3.8, 4) is 11.5 Å². The molecule has 2 nitrogen and oxygen atoms in total. The highest BCUT2D eigenvalue weighted by Crippen LogP contribution is 2.39. The van der Waals surface area contributed by atoms with Crippen LogP contribution in [0.1, 0.15) is 89.1 Å². The largest absolute Gasteiger partial charge is 0.508 e. The zero-order valence-electron chi connectivity index (χ0n) is 18.9. The van der Waals surface area contributed by atoms with Crippen molar-refractivity contribution >= 4 is 0 Å². The van der Waals surface area contributed by atoms with Crippen LogP contribution in [0.5, 0.6) is 11.5 Å². The lowest BCUT2D eigenvalue weighted by molar-refractivity contribution is 0.423. The third-order valence-electron chi connectivity index (χ3n) is 4.77. The molecule has 0 aromatic heterocycles. The van der Waals surface area contributed by atoms with Crippen LogP contribution in [-0.4, -0.2) is 10.2 Å². The maximum absolute atomic E-state index is 10.4. The minimum absolute atomic E-state index is 0.0178. The van der Waals surface area contributed by atoms with Gasteiger partial charge in [-0.3, -0.25) is 0 Å². The normalized spacial score (nSPS) is 12.0. The predicted molar refractivity (Wildman–Crippen MR) is 117 cm³/mol. The fourth-order valence-electron chi connectivity index (χ4n) is 2.91. The molecule has 0 unspecified atom stereocenters. The standard InChI is InChI=1S/C15H24O.C10H14O/c1-10-8-11(14(2,3)4)13(16)12(9-10)15(5,6)7;1-7(2)9-5-4-8(3)10(11)6-9/h8-9,16H,1-7H3;4-7,11H,1-3H3. The number of rotatable bonds is 1. The summed E-state index contributed by atoms with van der Waals surface area (Å²) in [5, 5.41) is 19.7. The van der Waals surface area contributed by atoms with E-state index in [0.717, 1.165) is 16.7 Å². The van der Waals surface area contributed by atoms with Crippen LogP contribution < -0.4 is 0 Å². The summed E-state index contributed by atoms with van der Waals surface area (Å²) in [6.45, 7) is 21.0. The van der Waals surface area contributed by atoms with E-state index in [1.165, 1.54) is 11.1 Å². The zero-order chi connectivity index (χ0) is 21.2. The molecule has 0 spiro atoms. The van der Waals surface area contributed by atoms with E-state index in [9.17, 15) is 10.2 Å². The van der Waals surface area contributed by atoms with E-state index < -0.39 is 0 Å². The highest BCUT2D eigenvalue weighted by molar-refractivity contribution is 5.49. The minimum atomic E-state index is -0.0178. The molecule has 0 amide bonds. The van der Waals surface area contributed by atoms with Crippen LogP contribution in [0.15, 0.2) is 30.3 Å². The van der Waals surface area contributed by atoms with Crippen molar-refractivity contribution in [2.45, 2.75) is 86.0 Å². The van der Waals surface area contributed by atoms with Crippen LogP contribution in [0.3, 0.4) is 0 Å². The van der Waals surface area contributed by atoms with Crippen LogP contribution >= 0.6 is 0 Å². The van der Waals surface area contributed by atoms with E-state index in [2.05, 4.69) is 80.5 Å². The van der Waals surface area contributed by atoms with Crippen LogP contribution in [0.4, 0.5) is 0 Å². The summed E-state index contributed by atoms with van der Waals surface area (Å²) in [5.41, 5.74) is 5.39. The summed E-state index contributed by atoms with van der Waals surface area (Å²) in [6, 6.07) is 10.0. The summed E-state index contributed by atoms with van der Waals surface area (Å²) in [6.07, 6.45) is 0. The molecule has 150 valence electrons. The molecule has 0 bridgehead atoms. The number of benzene rings is 2. The van der Waals surface area contributed by atoms with Gasteiger partial charge in [-0.15, -0.1) is 0 Å². The first-order chi connectivity index (χ1) is 12.1. The molecule has 2 rings (SSSR count). The highest BCUT2D eigenvalue weighted by Gasteiger charge is 2.25. The number of aryl methyl sites for hydroxylation is 2. The quantitative estimate of drug-likeness (QED) is 0.561. The van der Waals surface area contributed by atoms with E-state index in [1.807, 2.05) is 19.1 Å². The second-order valence-electron chi connectivity index (χ2n) is 9.91. The van der Waals surface area contributed by atoms with Crippen molar-refractivity contribution < 1.29 is 10.2 Å².